The molecule has 0 aromatic heterocycles. The SMILES string of the molecule is Cc1cccc(NC(=O)COC(=O)C2=NNC(=O)CC2)c1. The Balaban J connectivity index is 1.81. The van der Waals surface area contributed by atoms with Crippen LogP contribution in [0.5, 0.6) is 0 Å². The van der Waals surface area contributed by atoms with Crippen LogP contribution >= 0.6 is 0 Å². The third kappa shape index (κ3) is 4.41. The predicted octanol–water partition coefficient (Wildman–Crippen LogP) is 0.743. The van der Waals surface area contributed by atoms with E-state index in [-0.39, 0.29) is 24.5 Å². The smallest absolute Gasteiger partial charge is 0.355 e. The van der Waals surface area contributed by atoms with Crippen molar-refractivity contribution in [2.45, 2.75) is 19.8 Å². The molecule has 1 aliphatic rings. The molecule has 0 saturated carbocycles. The summed E-state index contributed by atoms with van der Waals surface area (Å²) in [6.07, 6.45) is 0.396. The molecule has 1 heterocycles. The molecule has 2 rings (SSSR count). The Morgan fingerprint density at radius 2 is 2.19 bits per heavy atom. The van der Waals surface area contributed by atoms with Gasteiger partial charge in [-0.25, -0.2) is 10.2 Å². The van der Waals surface area contributed by atoms with Crippen LogP contribution < -0.4 is 10.7 Å². The molecule has 2 amide bonds. The number of carbonyl (C=O) groups is 3. The summed E-state index contributed by atoms with van der Waals surface area (Å²) in [5.41, 5.74) is 3.95. The molecule has 1 aromatic carbocycles. The first kappa shape index (κ1) is 14.7. The maximum atomic E-state index is 11.7. The highest BCUT2D eigenvalue weighted by Crippen LogP contribution is 2.09. The summed E-state index contributed by atoms with van der Waals surface area (Å²) in [5.74, 6) is -1.38. The van der Waals surface area contributed by atoms with Crippen molar-refractivity contribution >= 4 is 29.2 Å². The average molecular weight is 289 g/mol. The number of esters is 1. The fourth-order valence-electron chi connectivity index (χ4n) is 1.76. The minimum Gasteiger partial charge on any atom is -0.451 e. The van der Waals surface area contributed by atoms with Crippen LogP contribution in [0.25, 0.3) is 0 Å². The van der Waals surface area contributed by atoms with E-state index in [0.717, 1.165) is 5.56 Å². The van der Waals surface area contributed by atoms with Gasteiger partial charge >= 0.3 is 5.97 Å². The molecule has 0 bridgehead atoms. The van der Waals surface area contributed by atoms with Gasteiger partial charge < -0.3 is 10.1 Å². The Bertz CT molecular complexity index is 610. The number of ether oxygens (including phenoxy) is 1. The summed E-state index contributed by atoms with van der Waals surface area (Å²) in [4.78, 5) is 34.2. The van der Waals surface area contributed by atoms with E-state index in [1.807, 2.05) is 19.1 Å². The Hall–Kier alpha value is -2.70. The molecular formula is C14H15N3O4. The van der Waals surface area contributed by atoms with Gasteiger partial charge in [0, 0.05) is 18.5 Å². The van der Waals surface area contributed by atoms with Crippen molar-refractivity contribution in [2.75, 3.05) is 11.9 Å². The fraction of sp³-hybridized carbons (Fsp3) is 0.286. The minimum atomic E-state index is -0.700. The van der Waals surface area contributed by atoms with Gasteiger partial charge in [0.15, 0.2) is 6.61 Å². The van der Waals surface area contributed by atoms with Crippen LogP contribution in [0.2, 0.25) is 0 Å². The van der Waals surface area contributed by atoms with Gasteiger partial charge in [0.1, 0.15) is 5.71 Å². The van der Waals surface area contributed by atoms with E-state index in [9.17, 15) is 14.4 Å². The number of anilines is 1. The van der Waals surface area contributed by atoms with E-state index < -0.39 is 18.5 Å². The number of nitrogens with one attached hydrogen (secondary N) is 2. The Labute approximate surface area is 121 Å². The number of hydrogen-bond donors (Lipinski definition) is 2. The lowest BCUT2D eigenvalue weighted by Crippen LogP contribution is -2.32. The van der Waals surface area contributed by atoms with Crippen molar-refractivity contribution in [1.29, 1.82) is 0 Å². The Morgan fingerprint density at radius 3 is 2.86 bits per heavy atom. The van der Waals surface area contributed by atoms with Gasteiger partial charge in [0.25, 0.3) is 5.91 Å². The van der Waals surface area contributed by atoms with Crippen molar-refractivity contribution in [3.63, 3.8) is 0 Å². The first-order valence-corrected chi connectivity index (χ1v) is 6.43. The highest BCUT2D eigenvalue weighted by Gasteiger charge is 2.20. The van der Waals surface area contributed by atoms with Crippen LogP contribution in [0, 0.1) is 6.92 Å². The van der Waals surface area contributed by atoms with Gasteiger partial charge in [-0.15, -0.1) is 0 Å². The molecule has 0 fully saturated rings. The second-order valence-corrected chi connectivity index (χ2v) is 4.59. The zero-order valence-corrected chi connectivity index (χ0v) is 11.5. The highest BCUT2D eigenvalue weighted by molar-refractivity contribution is 6.37. The topological polar surface area (TPSA) is 96.9 Å². The lowest BCUT2D eigenvalue weighted by atomic mass is 10.2. The summed E-state index contributed by atoms with van der Waals surface area (Å²) in [6.45, 7) is 1.50. The third-order valence-electron chi connectivity index (χ3n) is 2.78. The number of hydrazone groups is 1. The number of carbonyl (C=O) groups excluding carboxylic acids is 3. The monoisotopic (exact) mass is 289 g/mol. The van der Waals surface area contributed by atoms with Gasteiger partial charge in [-0.2, -0.15) is 5.10 Å². The largest absolute Gasteiger partial charge is 0.451 e. The van der Waals surface area contributed by atoms with E-state index in [2.05, 4.69) is 15.8 Å². The van der Waals surface area contributed by atoms with E-state index in [1.165, 1.54) is 0 Å². The standard InChI is InChI=1S/C14H15N3O4/c1-9-3-2-4-10(7-9)15-13(19)8-21-14(20)11-5-6-12(18)17-16-11/h2-4,7H,5-6,8H2,1H3,(H,15,19)(H,17,18). The van der Waals surface area contributed by atoms with E-state index >= 15 is 0 Å². The lowest BCUT2D eigenvalue weighted by Gasteiger charge is -2.11. The maximum Gasteiger partial charge on any atom is 0.355 e. The second kappa shape index (κ2) is 6.65. The van der Waals surface area contributed by atoms with Crippen molar-refractivity contribution < 1.29 is 19.1 Å². The quantitative estimate of drug-likeness (QED) is 0.799. The number of aryl methyl sites for hydroxylation is 1. The number of amides is 2. The normalized spacial score (nSPS) is 14.0. The summed E-state index contributed by atoms with van der Waals surface area (Å²) in [6, 6.07) is 7.27. The maximum absolute atomic E-state index is 11.7. The van der Waals surface area contributed by atoms with Crippen molar-refractivity contribution in [2.24, 2.45) is 5.10 Å². The number of rotatable bonds is 4. The molecule has 21 heavy (non-hydrogen) atoms. The van der Waals surface area contributed by atoms with Gasteiger partial charge in [-0.05, 0) is 24.6 Å². The molecule has 0 aliphatic carbocycles. The number of hydrogen-bond acceptors (Lipinski definition) is 5. The first-order valence-electron chi connectivity index (χ1n) is 6.43. The molecule has 2 N–H and O–H groups in total. The fourth-order valence-corrected chi connectivity index (χ4v) is 1.76. The van der Waals surface area contributed by atoms with Crippen LogP contribution in [-0.2, 0) is 19.1 Å². The molecule has 7 heteroatoms. The molecule has 0 radical (unpaired) electrons. The van der Waals surface area contributed by atoms with Gasteiger partial charge in [-0.3, -0.25) is 9.59 Å². The molecule has 0 atom stereocenters. The summed E-state index contributed by atoms with van der Waals surface area (Å²) >= 11 is 0. The van der Waals surface area contributed by atoms with Gasteiger partial charge in [0.2, 0.25) is 5.91 Å². The third-order valence-corrected chi connectivity index (χ3v) is 2.78. The Morgan fingerprint density at radius 1 is 1.38 bits per heavy atom. The molecule has 0 unspecified atom stereocenters. The van der Waals surface area contributed by atoms with E-state index in [4.69, 9.17) is 4.74 Å². The highest BCUT2D eigenvalue weighted by atomic mass is 16.5. The molecule has 0 spiro atoms. The molecule has 0 saturated heterocycles. The first-order chi connectivity index (χ1) is 10.0. The van der Waals surface area contributed by atoms with Gasteiger partial charge in [-0.1, -0.05) is 12.1 Å². The van der Waals surface area contributed by atoms with E-state index in [0.29, 0.717) is 5.69 Å². The average Bonchev–Trinajstić information content (AvgIpc) is 2.45. The molecule has 7 nitrogen and oxygen atoms in total. The minimum absolute atomic E-state index is 0.109. The van der Waals surface area contributed by atoms with Crippen LogP contribution in [0.3, 0.4) is 0 Å². The number of nitrogens with zero attached hydrogens (tertiary/aromatic N) is 1. The summed E-state index contributed by atoms with van der Waals surface area (Å²) in [7, 11) is 0. The second-order valence-electron chi connectivity index (χ2n) is 4.59. The molecule has 1 aliphatic heterocycles. The van der Waals surface area contributed by atoms with Crippen molar-refractivity contribution in [3.05, 3.63) is 29.8 Å². The predicted molar refractivity (Wildman–Crippen MR) is 75.6 cm³/mol. The van der Waals surface area contributed by atoms with Crippen LogP contribution in [0.1, 0.15) is 18.4 Å². The van der Waals surface area contributed by atoms with Crippen molar-refractivity contribution in [3.8, 4) is 0 Å². The van der Waals surface area contributed by atoms with Crippen LogP contribution in [0.4, 0.5) is 5.69 Å². The zero-order chi connectivity index (χ0) is 15.2. The molecule has 110 valence electrons. The zero-order valence-electron chi connectivity index (χ0n) is 11.5. The number of benzene rings is 1. The molecular weight excluding hydrogens is 274 g/mol. The van der Waals surface area contributed by atoms with Crippen LogP contribution in [-0.4, -0.2) is 30.1 Å². The summed E-state index contributed by atoms with van der Waals surface area (Å²) < 4.78 is 4.85. The summed E-state index contributed by atoms with van der Waals surface area (Å²) in [5, 5.41) is 6.22. The van der Waals surface area contributed by atoms with E-state index in [1.54, 1.807) is 12.1 Å². The van der Waals surface area contributed by atoms with Crippen LogP contribution in [0.15, 0.2) is 29.4 Å². The Kier molecular flexibility index (Phi) is 4.65. The lowest BCUT2D eigenvalue weighted by molar-refractivity contribution is -0.140. The van der Waals surface area contributed by atoms with Gasteiger partial charge in [0.05, 0.1) is 0 Å². The van der Waals surface area contributed by atoms with Crippen molar-refractivity contribution in [1.82, 2.24) is 5.43 Å². The molecule has 1 aromatic rings.